The van der Waals surface area contributed by atoms with Crippen molar-refractivity contribution in [3.63, 3.8) is 0 Å². The number of nitrogens with zero attached hydrogens (tertiary/aromatic N) is 3. The predicted molar refractivity (Wildman–Crippen MR) is 113 cm³/mol. The van der Waals surface area contributed by atoms with E-state index in [9.17, 15) is 12.8 Å². The van der Waals surface area contributed by atoms with Crippen LogP contribution in [0.1, 0.15) is 36.9 Å². The molecule has 2 aromatic carbocycles. The van der Waals surface area contributed by atoms with Gasteiger partial charge in [0.2, 0.25) is 0 Å². The molecule has 3 heterocycles. The molecule has 0 aliphatic carbocycles. The van der Waals surface area contributed by atoms with Crippen molar-refractivity contribution in [2.75, 3.05) is 13.1 Å². The topological polar surface area (TPSA) is 55.2 Å². The summed E-state index contributed by atoms with van der Waals surface area (Å²) in [7, 11) is -3.34. The van der Waals surface area contributed by atoms with Crippen molar-refractivity contribution in [2.45, 2.75) is 42.5 Å². The molecule has 0 N–H and O–H groups in total. The van der Waals surface area contributed by atoms with Gasteiger partial charge in [-0.3, -0.25) is 9.58 Å². The Morgan fingerprint density at radius 1 is 1.10 bits per heavy atom. The van der Waals surface area contributed by atoms with E-state index in [-0.39, 0.29) is 11.7 Å². The third kappa shape index (κ3) is 3.17. The van der Waals surface area contributed by atoms with Gasteiger partial charge in [-0.2, -0.15) is 5.10 Å². The fourth-order valence-corrected chi connectivity index (χ4v) is 6.87. The maximum Gasteiger partial charge on any atom is 0.183 e. The smallest absolute Gasteiger partial charge is 0.183 e. The number of sulfone groups is 1. The van der Waals surface area contributed by atoms with Crippen LogP contribution in [0.15, 0.2) is 59.8 Å². The molecule has 5 rings (SSSR count). The highest BCUT2D eigenvalue weighted by atomic mass is 32.2. The van der Waals surface area contributed by atoms with Crippen LogP contribution in [-0.2, 0) is 16.4 Å². The normalized spacial score (nSPS) is 22.4. The van der Waals surface area contributed by atoms with Crippen LogP contribution >= 0.6 is 0 Å². The number of fused-ring (bicyclic) bond motifs is 3. The van der Waals surface area contributed by atoms with Gasteiger partial charge in [0.25, 0.3) is 0 Å². The van der Waals surface area contributed by atoms with E-state index < -0.39 is 15.1 Å². The molecular weight excluding hydrogens is 401 g/mol. The van der Waals surface area contributed by atoms with Crippen molar-refractivity contribution in [3.8, 4) is 11.1 Å². The van der Waals surface area contributed by atoms with Gasteiger partial charge in [-0.05, 0) is 54.8 Å². The molecule has 1 fully saturated rings. The Morgan fingerprint density at radius 3 is 2.53 bits per heavy atom. The summed E-state index contributed by atoms with van der Waals surface area (Å²) in [5.41, 5.74) is 3.79. The van der Waals surface area contributed by atoms with E-state index in [2.05, 4.69) is 23.8 Å². The maximum atomic E-state index is 13.3. The van der Waals surface area contributed by atoms with Crippen molar-refractivity contribution in [2.24, 2.45) is 0 Å². The van der Waals surface area contributed by atoms with Crippen LogP contribution in [0.25, 0.3) is 11.1 Å². The average molecular weight is 426 g/mol. The third-order valence-electron chi connectivity index (χ3n) is 6.22. The van der Waals surface area contributed by atoms with Crippen molar-refractivity contribution in [1.29, 1.82) is 0 Å². The number of rotatable bonds is 4. The first-order valence-electron chi connectivity index (χ1n) is 10.2. The molecule has 0 saturated carbocycles. The number of benzene rings is 2. The second kappa shape index (κ2) is 7.03. The first kappa shape index (κ1) is 19.5. The van der Waals surface area contributed by atoms with Gasteiger partial charge in [0.15, 0.2) is 9.84 Å². The molecule has 0 amide bonds. The fourth-order valence-electron chi connectivity index (χ4n) is 4.68. The van der Waals surface area contributed by atoms with Gasteiger partial charge in [0.1, 0.15) is 5.82 Å². The molecule has 0 unspecified atom stereocenters. The average Bonchev–Trinajstić information content (AvgIpc) is 3.40. The highest BCUT2D eigenvalue weighted by Gasteiger charge is 2.50. The Kier molecular flexibility index (Phi) is 4.56. The van der Waals surface area contributed by atoms with E-state index in [1.165, 1.54) is 12.1 Å². The second-order valence-electron chi connectivity index (χ2n) is 8.57. The molecule has 0 radical (unpaired) electrons. The lowest BCUT2D eigenvalue weighted by Crippen LogP contribution is -2.25. The lowest BCUT2D eigenvalue weighted by Gasteiger charge is -2.16. The van der Waals surface area contributed by atoms with Crippen molar-refractivity contribution >= 4 is 9.84 Å². The van der Waals surface area contributed by atoms with Crippen LogP contribution in [0, 0.1) is 5.82 Å². The van der Waals surface area contributed by atoms with Gasteiger partial charge in [0.05, 0.1) is 16.3 Å². The summed E-state index contributed by atoms with van der Waals surface area (Å²) in [6, 6.07) is 12.1. The second-order valence-corrected chi connectivity index (χ2v) is 10.7. The minimum absolute atomic E-state index is 0.0365. The Bertz CT molecular complexity index is 1200. The summed E-state index contributed by atoms with van der Waals surface area (Å²) in [5, 5.41) is 3.98. The first-order chi connectivity index (χ1) is 14.3. The molecular formula is C23H24FN3O2S. The van der Waals surface area contributed by atoms with Crippen LogP contribution in [0.3, 0.4) is 0 Å². The third-order valence-corrected chi connectivity index (χ3v) is 8.48. The molecule has 1 aromatic heterocycles. The number of hydrogen-bond acceptors (Lipinski definition) is 4. The van der Waals surface area contributed by atoms with Crippen molar-refractivity contribution in [3.05, 3.63) is 71.8 Å². The number of likely N-dealkylation sites (tertiary alicyclic amines) is 1. The van der Waals surface area contributed by atoms with Crippen molar-refractivity contribution < 1.29 is 12.8 Å². The summed E-state index contributed by atoms with van der Waals surface area (Å²) in [4.78, 5) is 2.66. The fraction of sp³-hybridized carbons (Fsp3) is 0.348. The summed E-state index contributed by atoms with van der Waals surface area (Å²) in [6.07, 6.45) is 3.90. The Hall–Kier alpha value is -2.51. The highest BCUT2D eigenvalue weighted by molar-refractivity contribution is 7.92. The van der Waals surface area contributed by atoms with Crippen molar-refractivity contribution in [1.82, 2.24) is 14.7 Å². The molecule has 7 heteroatoms. The molecule has 2 aliphatic rings. The van der Waals surface area contributed by atoms with Crippen LogP contribution in [0.2, 0.25) is 0 Å². The van der Waals surface area contributed by atoms with E-state index in [0.717, 1.165) is 22.3 Å². The minimum Gasteiger partial charge on any atom is -0.297 e. The van der Waals surface area contributed by atoms with E-state index in [0.29, 0.717) is 30.6 Å². The highest BCUT2D eigenvalue weighted by Crippen LogP contribution is 2.46. The minimum atomic E-state index is -3.34. The van der Waals surface area contributed by atoms with Crippen LogP contribution in [0.5, 0.6) is 0 Å². The zero-order chi connectivity index (χ0) is 21.0. The van der Waals surface area contributed by atoms with Gasteiger partial charge in [-0.25, -0.2) is 12.8 Å². The molecule has 2 aliphatic heterocycles. The summed E-state index contributed by atoms with van der Waals surface area (Å²) >= 11 is 0. The molecule has 156 valence electrons. The van der Waals surface area contributed by atoms with Gasteiger partial charge in [0, 0.05) is 43.4 Å². The monoisotopic (exact) mass is 425 g/mol. The molecule has 0 spiro atoms. The molecule has 30 heavy (non-hydrogen) atoms. The zero-order valence-corrected chi connectivity index (χ0v) is 17.8. The van der Waals surface area contributed by atoms with Gasteiger partial charge in [-0.15, -0.1) is 0 Å². The molecule has 0 bridgehead atoms. The molecule has 1 saturated heterocycles. The Balaban J connectivity index is 1.43. The number of hydrogen-bond donors (Lipinski definition) is 0. The van der Waals surface area contributed by atoms with Crippen LogP contribution < -0.4 is 0 Å². The Labute approximate surface area is 176 Å². The van der Waals surface area contributed by atoms with Gasteiger partial charge >= 0.3 is 0 Å². The van der Waals surface area contributed by atoms with E-state index in [1.807, 2.05) is 29.2 Å². The van der Waals surface area contributed by atoms with Crippen LogP contribution in [0.4, 0.5) is 4.39 Å². The standard InChI is InChI=1S/C23H24FN3O2S/c1-15(2)27-12-16(10-25-27)11-26-13-21-20-9-18(17-3-6-19(24)7-4-17)5-8-22(20)30(28,29)23(21)14-26/h3-10,12,15,21,23H,11,13-14H2,1-2H3/t21-,23-/m1/s1. The molecule has 5 nitrogen and oxygen atoms in total. The number of halogens is 1. The number of aromatic nitrogens is 2. The quantitative estimate of drug-likeness (QED) is 0.633. The van der Waals surface area contributed by atoms with Gasteiger partial charge in [-0.1, -0.05) is 18.2 Å². The van der Waals surface area contributed by atoms with E-state index in [4.69, 9.17) is 0 Å². The van der Waals surface area contributed by atoms with E-state index in [1.54, 1.807) is 18.2 Å². The van der Waals surface area contributed by atoms with Crippen LogP contribution in [-0.4, -0.2) is 41.4 Å². The van der Waals surface area contributed by atoms with Gasteiger partial charge < -0.3 is 0 Å². The lowest BCUT2D eigenvalue weighted by molar-refractivity contribution is 0.325. The lowest BCUT2D eigenvalue weighted by atomic mass is 9.94. The zero-order valence-electron chi connectivity index (χ0n) is 17.0. The first-order valence-corrected chi connectivity index (χ1v) is 11.8. The largest absolute Gasteiger partial charge is 0.297 e. The van der Waals surface area contributed by atoms with E-state index >= 15 is 0 Å². The summed E-state index contributed by atoms with van der Waals surface area (Å²) in [5.74, 6) is -0.319. The predicted octanol–water partition coefficient (Wildman–Crippen LogP) is 4.03. The summed E-state index contributed by atoms with van der Waals surface area (Å²) < 4.78 is 41.5. The maximum absolute atomic E-state index is 13.3. The molecule has 2 atom stereocenters. The summed E-state index contributed by atoms with van der Waals surface area (Å²) in [6.45, 7) is 6.09. The Morgan fingerprint density at radius 2 is 1.83 bits per heavy atom. The SMILES string of the molecule is CC(C)n1cc(CN2C[C@@H]3c4cc(-c5ccc(F)cc5)ccc4S(=O)(=O)[C@@H]3C2)cn1. The molecule has 3 aromatic rings.